The molecule has 2 aliphatic rings. The first-order valence-corrected chi connectivity index (χ1v) is 6.52. The van der Waals surface area contributed by atoms with Crippen molar-refractivity contribution < 1.29 is 19.5 Å². The molecular weight excluding hydrogens is 250 g/mol. The molecule has 0 saturated carbocycles. The number of nitrogens with zero attached hydrogens (tertiary/aromatic N) is 1. The van der Waals surface area contributed by atoms with E-state index in [1.54, 1.807) is 4.90 Å². The molecule has 3 N–H and O–H groups in total. The predicted octanol–water partition coefficient (Wildman–Crippen LogP) is -0.373. The number of carbonyl (C=O) groups is 3. The minimum absolute atomic E-state index is 0.00577. The summed E-state index contributed by atoms with van der Waals surface area (Å²) in [5.41, 5.74) is 0. The number of amides is 3. The summed E-state index contributed by atoms with van der Waals surface area (Å²) in [6, 6.07) is -0.305. The van der Waals surface area contributed by atoms with Crippen LogP contribution < -0.4 is 10.6 Å². The molecule has 0 radical (unpaired) electrons. The number of piperidine rings is 1. The first-order chi connectivity index (χ1) is 8.97. The van der Waals surface area contributed by atoms with Crippen molar-refractivity contribution in [2.45, 2.75) is 25.8 Å². The number of aliphatic carboxylic acids is 1. The second-order valence-corrected chi connectivity index (χ2v) is 5.32. The van der Waals surface area contributed by atoms with E-state index in [0.717, 1.165) is 0 Å². The quantitative estimate of drug-likeness (QED) is 0.636. The van der Waals surface area contributed by atoms with Crippen LogP contribution in [0.15, 0.2) is 0 Å². The van der Waals surface area contributed by atoms with Crippen LogP contribution in [0.2, 0.25) is 0 Å². The molecule has 3 amide bonds. The van der Waals surface area contributed by atoms with Gasteiger partial charge < -0.3 is 20.6 Å². The van der Waals surface area contributed by atoms with E-state index in [1.807, 2.05) is 6.92 Å². The molecule has 0 aromatic carbocycles. The van der Waals surface area contributed by atoms with E-state index in [9.17, 15) is 14.4 Å². The van der Waals surface area contributed by atoms with Gasteiger partial charge in [0, 0.05) is 32.1 Å². The molecule has 0 aliphatic carbocycles. The number of likely N-dealkylation sites (tertiary alicyclic amines) is 1. The van der Waals surface area contributed by atoms with Gasteiger partial charge in [0.05, 0.1) is 5.92 Å². The van der Waals surface area contributed by atoms with E-state index in [0.29, 0.717) is 25.9 Å². The molecular formula is C12H19N3O4. The van der Waals surface area contributed by atoms with Gasteiger partial charge >= 0.3 is 12.0 Å². The monoisotopic (exact) mass is 269 g/mol. The standard InChI is InChI=1S/C12H19N3O4/c1-7-5-15(6-9(7)11(17)18)12(19)14-8-2-3-10(16)13-4-8/h7-9H,2-6H2,1H3,(H,13,16)(H,14,19)(H,17,18). The van der Waals surface area contributed by atoms with Crippen molar-refractivity contribution in [3.63, 3.8) is 0 Å². The summed E-state index contributed by atoms with van der Waals surface area (Å²) in [6.07, 6.45) is 1.04. The zero-order chi connectivity index (χ0) is 14.0. The van der Waals surface area contributed by atoms with Crippen molar-refractivity contribution in [2.75, 3.05) is 19.6 Å². The maximum Gasteiger partial charge on any atom is 0.317 e. The summed E-state index contributed by atoms with van der Waals surface area (Å²) in [4.78, 5) is 35.6. The van der Waals surface area contributed by atoms with Crippen LogP contribution >= 0.6 is 0 Å². The summed E-state index contributed by atoms with van der Waals surface area (Å²) in [5, 5.41) is 14.6. The highest BCUT2D eigenvalue weighted by Crippen LogP contribution is 2.23. The van der Waals surface area contributed by atoms with E-state index in [4.69, 9.17) is 5.11 Å². The Morgan fingerprint density at radius 2 is 2.16 bits per heavy atom. The van der Waals surface area contributed by atoms with Gasteiger partial charge in [-0.05, 0) is 12.3 Å². The van der Waals surface area contributed by atoms with Crippen molar-refractivity contribution in [3.8, 4) is 0 Å². The number of carbonyl (C=O) groups excluding carboxylic acids is 2. The normalized spacial score (nSPS) is 30.9. The lowest BCUT2D eigenvalue weighted by Gasteiger charge is -2.26. The minimum Gasteiger partial charge on any atom is -0.481 e. The number of urea groups is 1. The summed E-state index contributed by atoms with van der Waals surface area (Å²) in [6.45, 7) is 2.99. The zero-order valence-electron chi connectivity index (χ0n) is 10.9. The lowest BCUT2D eigenvalue weighted by molar-refractivity contribution is -0.142. The molecule has 2 rings (SSSR count). The van der Waals surface area contributed by atoms with Gasteiger partial charge in [-0.15, -0.1) is 0 Å². The fourth-order valence-corrected chi connectivity index (χ4v) is 2.58. The molecule has 2 fully saturated rings. The van der Waals surface area contributed by atoms with E-state index >= 15 is 0 Å². The highest BCUT2D eigenvalue weighted by Gasteiger charge is 2.37. The van der Waals surface area contributed by atoms with Crippen molar-refractivity contribution in [1.82, 2.24) is 15.5 Å². The molecule has 2 heterocycles. The van der Waals surface area contributed by atoms with Gasteiger partial charge in [-0.2, -0.15) is 0 Å². The maximum absolute atomic E-state index is 12.0. The van der Waals surface area contributed by atoms with Crippen LogP contribution in [0.5, 0.6) is 0 Å². The van der Waals surface area contributed by atoms with Gasteiger partial charge in [-0.1, -0.05) is 6.92 Å². The summed E-state index contributed by atoms with van der Waals surface area (Å²) >= 11 is 0. The fourth-order valence-electron chi connectivity index (χ4n) is 2.58. The Balaban J connectivity index is 1.84. The van der Waals surface area contributed by atoms with E-state index in [1.165, 1.54) is 0 Å². The fraction of sp³-hybridized carbons (Fsp3) is 0.750. The van der Waals surface area contributed by atoms with Crippen molar-refractivity contribution in [3.05, 3.63) is 0 Å². The molecule has 0 bridgehead atoms. The van der Waals surface area contributed by atoms with E-state index < -0.39 is 11.9 Å². The number of carboxylic acid groups (broad SMARTS) is 1. The number of hydrogen-bond donors (Lipinski definition) is 3. The van der Waals surface area contributed by atoms with E-state index in [-0.39, 0.29) is 30.4 Å². The van der Waals surface area contributed by atoms with Crippen molar-refractivity contribution in [2.24, 2.45) is 11.8 Å². The molecule has 3 atom stereocenters. The van der Waals surface area contributed by atoms with Crippen LogP contribution in [0.3, 0.4) is 0 Å². The number of rotatable bonds is 2. The SMILES string of the molecule is CC1CN(C(=O)NC2CCC(=O)NC2)CC1C(=O)O. The Morgan fingerprint density at radius 1 is 1.42 bits per heavy atom. The van der Waals surface area contributed by atoms with Gasteiger partial charge in [-0.25, -0.2) is 4.79 Å². The molecule has 7 nitrogen and oxygen atoms in total. The lowest BCUT2D eigenvalue weighted by Crippen LogP contribution is -2.51. The second-order valence-electron chi connectivity index (χ2n) is 5.32. The maximum atomic E-state index is 12.0. The highest BCUT2D eigenvalue weighted by molar-refractivity contribution is 5.79. The molecule has 3 unspecified atom stereocenters. The topological polar surface area (TPSA) is 98.7 Å². The van der Waals surface area contributed by atoms with Gasteiger partial charge in [0.2, 0.25) is 5.91 Å². The summed E-state index contributed by atoms with van der Waals surface area (Å²) in [5.74, 6) is -1.37. The molecule has 19 heavy (non-hydrogen) atoms. The number of carboxylic acids is 1. The number of hydrogen-bond acceptors (Lipinski definition) is 3. The number of nitrogens with one attached hydrogen (secondary N) is 2. The first kappa shape index (κ1) is 13.6. The molecule has 0 spiro atoms. The highest BCUT2D eigenvalue weighted by atomic mass is 16.4. The van der Waals surface area contributed by atoms with Gasteiger partial charge in [0.1, 0.15) is 0 Å². The molecule has 106 valence electrons. The smallest absolute Gasteiger partial charge is 0.317 e. The largest absolute Gasteiger partial charge is 0.481 e. The Hall–Kier alpha value is -1.79. The third kappa shape index (κ3) is 3.15. The van der Waals surface area contributed by atoms with Crippen LogP contribution in [-0.4, -0.2) is 53.6 Å². The van der Waals surface area contributed by atoms with Crippen molar-refractivity contribution in [1.29, 1.82) is 0 Å². The average Bonchev–Trinajstić information content (AvgIpc) is 2.74. The molecule has 2 aliphatic heterocycles. The summed E-state index contributed by atoms with van der Waals surface area (Å²) in [7, 11) is 0. The Morgan fingerprint density at radius 3 is 2.68 bits per heavy atom. The van der Waals surface area contributed by atoms with Crippen molar-refractivity contribution >= 4 is 17.9 Å². The lowest BCUT2D eigenvalue weighted by atomic mass is 9.99. The Labute approximate surface area is 111 Å². The molecule has 7 heteroatoms. The third-order valence-electron chi connectivity index (χ3n) is 3.81. The zero-order valence-corrected chi connectivity index (χ0v) is 10.9. The Bertz CT molecular complexity index is 388. The van der Waals surface area contributed by atoms with Gasteiger partial charge in [0.25, 0.3) is 0 Å². The average molecular weight is 269 g/mol. The van der Waals surface area contributed by atoms with E-state index in [2.05, 4.69) is 10.6 Å². The predicted molar refractivity (Wildman–Crippen MR) is 66.4 cm³/mol. The van der Waals surface area contributed by atoms with Crippen LogP contribution in [0.1, 0.15) is 19.8 Å². The minimum atomic E-state index is -0.854. The molecule has 2 saturated heterocycles. The molecule has 0 aromatic heterocycles. The molecule has 0 aromatic rings. The van der Waals surface area contributed by atoms with Crippen LogP contribution in [0, 0.1) is 11.8 Å². The van der Waals surface area contributed by atoms with Gasteiger partial charge in [-0.3, -0.25) is 9.59 Å². The third-order valence-corrected chi connectivity index (χ3v) is 3.81. The van der Waals surface area contributed by atoms with Crippen LogP contribution in [0.25, 0.3) is 0 Å². The summed E-state index contributed by atoms with van der Waals surface area (Å²) < 4.78 is 0. The van der Waals surface area contributed by atoms with Crippen LogP contribution in [-0.2, 0) is 9.59 Å². The first-order valence-electron chi connectivity index (χ1n) is 6.52. The Kier molecular flexibility index (Phi) is 3.92. The van der Waals surface area contributed by atoms with Crippen LogP contribution in [0.4, 0.5) is 4.79 Å². The van der Waals surface area contributed by atoms with Gasteiger partial charge in [0.15, 0.2) is 0 Å². The second kappa shape index (κ2) is 5.46.